The first-order chi connectivity index (χ1) is 8.24. The molecule has 0 aliphatic heterocycles. The molecule has 90 valence electrons. The highest BCUT2D eigenvalue weighted by atomic mass is 15.0. The van der Waals surface area contributed by atoms with Gasteiger partial charge in [-0.15, -0.1) is 0 Å². The first-order valence-electron chi connectivity index (χ1n) is 6.50. The summed E-state index contributed by atoms with van der Waals surface area (Å²) >= 11 is 0. The number of nitrogens with zero attached hydrogens (tertiary/aromatic N) is 1. The largest absolute Gasteiger partial charge is 0.350 e. The minimum atomic E-state index is 0.740. The maximum Gasteiger partial charge on any atom is 0.0481 e. The number of para-hydroxylation sites is 1. The molecular weight excluding hydrogens is 208 g/mol. The van der Waals surface area contributed by atoms with Crippen LogP contribution < -0.4 is 5.32 Å². The first kappa shape index (κ1) is 10.8. The summed E-state index contributed by atoms with van der Waals surface area (Å²) < 4.78 is 2.22. The molecule has 2 heteroatoms. The third kappa shape index (κ3) is 1.98. The monoisotopic (exact) mass is 228 g/mol. The number of nitrogens with one attached hydrogen (secondary N) is 1. The second-order valence-electron chi connectivity index (χ2n) is 5.44. The standard InChI is InChI=1S/C15H20N2/c1-11-7-13(8-11)16-9-12-10-17(2)15-6-4-3-5-14(12)15/h3-6,10-11,13,16H,7-9H2,1-2H3. The van der Waals surface area contributed by atoms with Gasteiger partial charge < -0.3 is 9.88 Å². The number of fused-ring (bicyclic) bond motifs is 1. The van der Waals surface area contributed by atoms with Gasteiger partial charge in [-0.05, 0) is 30.4 Å². The predicted molar refractivity (Wildman–Crippen MR) is 71.9 cm³/mol. The topological polar surface area (TPSA) is 17.0 Å². The third-order valence-electron chi connectivity index (χ3n) is 3.93. The number of hydrogen-bond acceptors (Lipinski definition) is 1. The summed E-state index contributed by atoms with van der Waals surface area (Å²) in [6.07, 6.45) is 4.93. The van der Waals surface area contributed by atoms with E-state index in [-0.39, 0.29) is 0 Å². The lowest BCUT2D eigenvalue weighted by Crippen LogP contribution is -2.39. The van der Waals surface area contributed by atoms with E-state index in [2.05, 4.69) is 54.3 Å². The first-order valence-corrected chi connectivity index (χ1v) is 6.50. The Hall–Kier alpha value is -1.28. The molecule has 17 heavy (non-hydrogen) atoms. The molecule has 2 aromatic rings. The summed E-state index contributed by atoms with van der Waals surface area (Å²) in [5.41, 5.74) is 2.74. The zero-order valence-electron chi connectivity index (χ0n) is 10.6. The van der Waals surface area contributed by atoms with Crippen molar-refractivity contribution < 1.29 is 0 Å². The molecule has 0 saturated heterocycles. The Labute approximate surface area is 103 Å². The van der Waals surface area contributed by atoms with E-state index in [9.17, 15) is 0 Å². The molecule has 0 atom stereocenters. The van der Waals surface area contributed by atoms with Gasteiger partial charge in [-0.3, -0.25) is 0 Å². The molecule has 1 saturated carbocycles. The van der Waals surface area contributed by atoms with Gasteiger partial charge in [0.25, 0.3) is 0 Å². The van der Waals surface area contributed by atoms with Crippen LogP contribution in [0.2, 0.25) is 0 Å². The maximum absolute atomic E-state index is 3.66. The highest BCUT2D eigenvalue weighted by molar-refractivity contribution is 5.83. The van der Waals surface area contributed by atoms with Gasteiger partial charge in [0.2, 0.25) is 0 Å². The van der Waals surface area contributed by atoms with Gasteiger partial charge in [-0.2, -0.15) is 0 Å². The molecule has 0 unspecified atom stereocenters. The Morgan fingerprint density at radius 3 is 2.82 bits per heavy atom. The predicted octanol–water partition coefficient (Wildman–Crippen LogP) is 3.07. The van der Waals surface area contributed by atoms with Crippen LogP contribution in [-0.2, 0) is 13.6 Å². The highest BCUT2D eigenvalue weighted by Gasteiger charge is 2.24. The van der Waals surface area contributed by atoms with Gasteiger partial charge in [0, 0.05) is 36.7 Å². The zero-order chi connectivity index (χ0) is 11.8. The Bertz CT molecular complexity index is 521. The van der Waals surface area contributed by atoms with Gasteiger partial charge in [-0.25, -0.2) is 0 Å². The van der Waals surface area contributed by atoms with Crippen LogP contribution in [0.25, 0.3) is 10.9 Å². The molecule has 1 aliphatic rings. The summed E-state index contributed by atoms with van der Waals surface area (Å²) in [7, 11) is 2.12. The van der Waals surface area contributed by atoms with Crippen molar-refractivity contribution in [3.05, 3.63) is 36.0 Å². The van der Waals surface area contributed by atoms with E-state index in [1.54, 1.807) is 0 Å². The normalized spacial score (nSPS) is 23.9. The average molecular weight is 228 g/mol. The van der Waals surface area contributed by atoms with Crippen LogP contribution in [0.4, 0.5) is 0 Å². The number of hydrogen-bond donors (Lipinski definition) is 1. The molecule has 2 nitrogen and oxygen atoms in total. The van der Waals surface area contributed by atoms with Gasteiger partial charge in [0.15, 0.2) is 0 Å². The van der Waals surface area contributed by atoms with Crippen LogP contribution in [0.15, 0.2) is 30.5 Å². The summed E-state index contributed by atoms with van der Waals surface area (Å²) in [4.78, 5) is 0. The molecule has 1 fully saturated rings. The van der Waals surface area contributed by atoms with Crippen molar-refractivity contribution in [2.45, 2.75) is 32.4 Å². The number of rotatable bonds is 3. The Morgan fingerprint density at radius 1 is 1.29 bits per heavy atom. The minimum absolute atomic E-state index is 0.740. The van der Waals surface area contributed by atoms with Gasteiger partial charge in [0.05, 0.1) is 0 Å². The fourth-order valence-corrected chi connectivity index (χ4v) is 2.89. The Balaban J connectivity index is 1.76. The summed E-state index contributed by atoms with van der Waals surface area (Å²) in [5.74, 6) is 0.917. The molecule has 1 aliphatic carbocycles. The fraction of sp³-hybridized carbons (Fsp3) is 0.467. The lowest BCUT2D eigenvalue weighted by Gasteiger charge is -2.33. The summed E-state index contributed by atoms with van der Waals surface area (Å²) in [6.45, 7) is 3.33. The van der Waals surface area contributed by atoms with E-state index in [0.29, 0.717) is 0 Å². The SMILES string of the molecule is CC1CC(NCc2cn(C)c3ccccc23)C1. The quantitative estimate of drug-likeness (QED) is 0.854. The molecule has 0 spiro atoms. The molecule has 0 bridgehead atoms. The molecule has 1 aromatic carbocycles. The van der Waals surface area contributed by atoms with E-state index in [1.165, 1.54) is 29.3 Å². The van der Waals surface area contributed by atoms with Crippen molar-refractivity contribution in [2.75, 3.05) is 0 Å². The van der Waals surface area contributed by atoms with Crippen molar-refractivity contribution >= 4 is 10.9 Å². The van der Waals surface area contributed by atoms with E-state index in [0.717, 1.165) is 18.5 Å². The summed E-state index contributed by atoms with van der Waals surface area (Å²) in [6, 6.07) is 9.37. The van der Waals surface area contributed by atoms with Crippen LogP contribution in [0.1, 0.15) is 25.3 Å². The van der Waals surface area contributed by atoms with Crippen LogP contribution >= 0.6 is 0 Å². The van der Waals surface area contributed by atoms with Crippen LogP contribution in [0.5, 0.6) is 0 Å². The van der Waals surface area contributed by atoms with E-state index >= 15 is 0 Å². The lowest BCUT2D eigenvalue weighted by atomic mass is 9.82. The highest BCUT2D eigenvalue weighted by Crippen LogP contribution is 2.27. The van der Waals surface area contributed by atoms with E-state index < -0.39 is 0 Å². The second kappa shape index (κ2) is 4.19. The van der Waals surface area contributed by atoms with E-state index in [1.807, 2.05) is 0 Å². The van der Waals surface area contributed by atoms with Crippen molar-refractivity contribution in [1.29, 1.82) is 0 Å². The van der Waals surface area contributed by atoms with Crippen molar-refractivity contribution in [3.63, 3.8) is 0 Å². The second-order valence-corrected chi connectivity index (χ2v) is 5.44. The van der Waals surface area contributed by atoms with Gasteiger partial charge in [-0.1, -0.05) is 25.1 Å². The molecule has 1 heterocycles. The average Bonchev–Trinajstić information content (AvgIpc) is 2.61. The van der Waals surface area contributed by atoms with Crippen molar-refractivity contribution in [2.24, 2.45) is 13.0 Å². The number of aryl methyl sites for hydroxylation is 1. The molecular formula is C15H20N2. The molecule has 1 aromatic heterocycles. The lowest BCUT2D eigenvalue weighted by molar-refractivity contribution is 0.240. The molecule has 3 rings (SSSR count). The zero-order valence-corrected chi connectivity index (χ0v) is 10.6. The Kier molecular flexibility index (Phi) is 2.67. The van der Waals surface area contributed by atoms with Gasteiger partial charge >= 0.3 is 0 Å². The molecule has 1 N–H and O–H groups in total. The Morgan fingerprint density at radius 2 is 2.06 bits per heavy atom. The van der Waals surface area contributed by atoms with Crippen LogP contribution in [0, 0.1) is 5.92 Å². The molecule has 0 radical (unpaired) electrons. The van der Waals surface area contributed by atoms with Crippen molar-refractivity contribution in [1.82, 2.24) is 9.88 Å². The minimum Gasteiger partial charge on any atom is -0.350 e. The van der Waals surface area contributed by atoms with Crippen LogP contribution in [0.3, 0.4) is 0 Å². The fourth-order valence-electron chi connectivity index (χ4n) is 2.89. The number of benzene rings is 1. The molecule has 0 amide bonds. The van der Waals surface area contributed by atoms with Crippen molar-refractivity contribution in [3.8, 4) is 0 Å². The smallest absolute Gasteiger partial charge is 0.0481 e. The van der Waals surface area contributed by atoms with E-state index in [4.69, 9.17) is 0 Å². The third-order valence-corrected chi connectivity index (χ3v) is 3.93. The number of aromatic nitrogens is 1. The maximum atomic E-state index is 3.66. The van der Waals surface area contributed by atoms with Crippen LogP contribution in [-0.4, -0.2) is 10.6 Å². The summed E-state index contributed by atoms with van der Waals surface area (Å²) in [5, 5.41) is 5.04. The van der Waals surface area contributed by atoms with Gasteiger partial charge in [0.1, 0.15) is 0 Å².